The summed E-state index contributed by atoms with van der Waals surface area (Å²) in [4.78, 5) is 4.39. The minimum absolute atomic E-state index is 0.0357. The maximum Gasteiger partial charge on any atom is 0.179 e. The quantitative estimate of drug-likeness (QED) is 0.817. The molecule has 2 aromatic rings. The Bertz CT molecular complexity index is 739. The number of rotatable bonds is 6. The summed E-state index contributed by atoms with van der Waals surface area (Å²) in [5.41, 5.74) is 0. The van der Waals surface area contributed by atoms with Crippen molar-refractivity contribution in [2.24, 2.45) is 0 Å². The highest BCUT2D eigenvalue weighted by Gasteiger charge is 2.23. The SMILES string of the molecule is CN(C)CC(CS(=O)(=O)c1ccc2ccccc2c1)N(C)C. The first kappa shape index (κ1) is 16.9. The van der Waals surface area contributed by atoms with E-state index in [1.807, 2.05) is 68.3 Å². The van der Waals surface area contributed by atoms with Crippen molar-refractivity contribution in [3.8, 4) is 0 Å². The fraction of sp³-hybridized carbons (Fsp3) is 0.412. The van der Waals surface area contributed by atoms with Crippen LogP contribution in [0.25, 0.3) is 10.8 Å². The Balaban J connectivity index is 2.31. The predicted molar refractivity (Wildman–Crippen MR) is 92.0 cm³/mol. The van der Waals surface area contributed by atoms with Gasteiger partial charge in [-0.25, -0.2) is 8.42 Å². The van der Waals surface area contributed by atoms with Gasteiger partial charge >= 0.3 is 0 Å². The summed E-state index contributed by atoms with van der Waals surface area (Å²) in [7, 11) is 4.45. The van der Waals surface area contributed by atoms with Gasteiger partial charge in [0.2, 0.25) is 0 Å². The van der Waals surface area contributed by atoms with Crippen LogP contribution < -0.4 is 0 Å². The monoisotopic (exact) mass is 320 g/mol. The van der Waals surface area contributed by atoms with Crippen molar-refractivity contribution in [1.29, 1.82) is 0 Å². The third-order valence-electron chi connectivity index (χ3n) is 3.80. The van der Waals surface area contributed by atoms with Crippen molar-refractivity contribution >= 4 is 20.6 Å². The van der Waals surface area contributed by atoms with Gasteiger partial charge in [-0.15, -0.1) is 0 Å². The maximum absolute atomic E-state index is 12.7. The predicted octanol–water partition coefficient (Wildman–Crippen LogP) is 2.11. The molecule has 0 saturated carbocycles. The van der Waals surface area contributed by atoms with E-state index in [2.05, 4.69) is 0 Å². The Morgan fingerprint density at radius 1 is 0.955 bits per heavy atom. The van der Waals surface area contributed by atoms with E-state index in [9.17, 15) is 8.42 Å². The highest BCUT2D eigenvalue weighted by Crippen LogP contribution is 2.20. The molecule has 0 fully saturated rings. The van der Waals surface area contributed by atoms with E-state index in [0.717, 1.165) is 10.8 Å². The largest absolute Gasteiger partial charge is 0.308 e. The normalized spacial score (nSPS) is 13.9. The van der Waals surface area contributed by atoms with Crippen LogP contribution >= 0.6 is 0 Å². The molecule has 1 unspecified atom stereocenters. The Hall–Kier alpha value is -1.43. The van der Waals surface area contributed by atoms with Gasteiger partial charge in [-0.1, -0.05) is 30.3 Å². The Morgan fingerprint density at radius 2 is 1.59 bits per heavy atom. The zero-order valence-corrected chi connectivity index (χ0v) is 14.5. The molecule has 2 aromatic carbocycles. The number of nitrogens with zero attached hydrogens (tertiary/aromatic N) is 2. The lowest BCUT2D eigenvalue weighted by atomic mass is 10.1. The van der Waals surface area contributed by atoms with E-state index in [4.69, 9.17) is 0 Å². The van der Waals surface area contributed by atoms with E-state index >= 15 is 0 Å². The van der Waals surface area contributed by atoms with Crippen LogP contribution in [0.5, 0.6) is 0 Å². The summed E-state index contributed by atoms with van der Waals surface area (Å²) >= 11 is 0. The van der Waals surface area contributed by atoms with Crippen molar-refractivity contribution in [1.82, 2.24) is 9.80 Å². The Kier molecular flexibility index (Phi) is 5.21. The molecule has 0 spiro atoms. The van der Waals surface area contributed by atoms with Crippen LogP contribution in [0, 0.1) is 0 Å². The van der Waals surface area contributed by atoms with E-state index in [-0.39, 0.29) is 11.8 Å². The van der Waals surface area contributed by atoms with Crippen LogP contribution in [0.1, 0.15) is 0 Å². The third kappa shape index (κ3) is 4.06. The molecule has 0 bridgehead atoms. The van der Waals surface area contributed by atoms with Crippen molar-refractivity contribution in [3.05, 3.63) is 42.5 Å². The molecule has 0 aliphatic rings. The molecule has 5 heteroatoms. The van der Waals surface area contributed by atoms with Crippen molar-refractivity contribution in [2.75, 3.05) is 40.5 Å². The van der Waals surface area contributed by atoms with E-state index < -0.39 is 9.84 Å². The van der Waals surface area contributed by atoms with E-state index in [0.29, 0.717) is 11.4 Å². The molecule has 0 saturated heterocycles. The number of sulfone groups is 1. The smallest absolute Gasteiger partial charge is 0.179 e. The van der Waals surface area contributed by atoms with Gasteiger partial charge in [0, 0.05) is 12.6 Å². The molecule has 1 atom stereocenters. The van der Waals surface area contributed by atoms with Gasteiger partial charge in [-0.2, -0.15) is 0 Å². The minimum Gasteiger partial charge on any atom is -0.308 e. The molecular weight excluding hydrogens is 296 g/mol. The molecule has 0 amide bonds. The number of likely N-dealkylation sites (N-methyl/N-ethyl adjacent to an activating group) is 2. The van der Waals surface area contributed by atoms with Crippen LogP contribution in [0.3, 0.4) is 0 Å². The molecule has 0 radical (unpaired) electrons. The van der Waals surface area contributed by atoms with Crippen LogP contribution in [-0.2, 0) is 9.84 Å². The Labute approximate surface area is 133 Å². The summed E-state index contributed by atoms with van der Waals surface area (Å²) in [5.74, 6) is 0.122. The second kappa shape index (κ2) is 6.77. The number of hydrogen-bond acceptors (Lipinski definition) is 4. The average molecular weight is 320 g/mol. The fourth-order valence-corrected chi connectivity index (χ4v) is 4.18. The number of hydrogen-bond donors (Lipinski definition) is 0. The van der Waals surface area contributed by atoms with E-state index in [1.54, 1.807) is 12.1 Å². The second-order valence-electron chi connectivity index (χ2n) is 6.17. The number of benzene rings is 2. The van der Waals surface area contributed by atoms with Crippen LogP contribution in [0.4, 0.5) is 0 Å². The lowest BCUT2D eigenvalue weighted by Gasteiger charge is -2.27. The second-order valence-corrected chi connectivity index (χ2v) is 8.20. The third-order valence-corrected chi connectivity index (χ3v) is 5.59. The van der Waals surface area contributed by atoms with Gasteiger partial charge in [-0.05, 0) is 51.1 Å². The molecule has 120 valence electrons. The van der Waals surface area contributed by atoms with Gasteiger partial charge in [0.1, 0.15) is 0 Å². The van der Waals surface area contributed by atoms with E-state index in [1.165, 1.54) is 0 Å². The first-order valence-electron chi connectivity index (χ1n) is 7.32. The van der Waals surface area contributed by atoms with Crippen molar-refractivity contribution in [3.63, 3.8) is 0 Å². The fourth-order valence-electron chi connectivity index (χ4n) is 2.50. The summed E-state index contributed by atoms with van der Waals surface area (Å²) in [5, 5.41) is 2.01. The van der Waals surface area contributed by atoms with Gasteiger partial charge in [-0.3, -0.25) is 0 Å². The maximum atomic E-state index is 12.7. The Morgan fingerprint density at radius 3 is 2.18 bits per heavy atom. The summed E-state index contributed by atoms with van der Waals surface area (Å²) in [6, 6.07) is 13.1. The standard InChI is InChI=1S/C17H24N2O2S/c1-18(2)12-16(19(3)4)13-22(20,21)17-10-9-14-7-5-6-8-15(14)11-17/h5-11,16H,12-13H2,1-4H3. The average Bonchev–Trinajstić information content (AvgIpc) is 2.45. The minimum atomic E-state index is -3.31. The lowest BCUT2D eigenvalue weighted by Crippen LogP contribution is -2.42. The molecule has 4 nitrogen and oxygen atoms in total. The number of fused-ring (bicyclic) bond motifs is 1. The summed E-state index contributed by atoms with van der Waals surface area (Å²) in [6.45, 7) is 0.708. The van der Waals surface area contributed by atoms with Crippen LogP contribution in [0.2, 0.25) is 0 Å². The molecule has 22 heavy (non-hydrogen) atoms. The molecule has 0 aliphatic heterocycles. The summed E-state index contributed by atoms with van der Waals surface area (Å²) < 4.78 is 25.5. The van der Waals surface area contributed by atoms with Crippen LogP contribution in [-0.4, -0.2) is 64.7 Å². The summed E-state index contributed by atoms with van der Waals surface area (Å²) in [6.07, 6.45) is 0. The topological polar surface area (TPSA) is 40.6 Å². The van der Waals surface area contributed by atoms with Crippen molar-refractivity contribution in [2.45, 2.75) is 10.9 Å². The van der Waals surface area contributed by atoms with Gasteiger partial charge in [0.25, 0.3) is 0 Å². The highest BCUT2D eigenvalue weighted by atomic mass is 32.2. The van der Waals surface area contributed by atoms with Gasteiger partial charge in [0.05, 0.1) is 10.6 Å². The lowest BCUT2D eigenvalue weighted by molar-refractivity contribution is 0.245. The molecule has 0 aromatic heterocycles. The first-order chi connectivity index (χ1) is 10.3. The van der Waals surface area contributed by atoms with Crippen molar-refractivity contribution < 1.29 is 8.42 Å². The molecule has 0 aliphatic carbocycles. The zero-order valence-electron chi connectivity index (χ0n) is 13.7. The molecule has 0 heterocycles. The van der Waals surface area contributed by atoms with Gasteiger partial charge in [0.15, 0.2) is 9.84 Å². The first-order valence-corrected chi connectivity index (χ1v) is 8.97. The molecule has 0 N–H and O–H groups in total. The highest BCUT2D eigenvalue weighted by molar-refractivity contribution is 7.91. The van der Waals surface area contributed by atoms with Crippen LogP contribution in [0.15, 0.2) is 47.4 Å². The zero-order chi connectivity index (χ0) is 16.3. The van der Waals surface area contributed by atoms with Gasteiger partial charge < -0.3 is 9.80 Å². The molecular formula is C17H24N2O2S. The molecule has 2 rings (SSSR count).